The molecule has 0 unspecified atom stereocenters. The van der Waals surface area contributed by atoms with Crippen LogP contribution >= 0.6 is 23.4 Å². The number of carbonyl (C=O) groups excluding carboxylic acids is 2. The molecule has 2 aliphatic heterocycles. The summed E-state index contributed by atoms with van der Waals surface area (Å²) >= 11 is 7.51. The van der Waals surface area contributed by atoms with Crippen LogP contribution in [0.25, 0.3) is 0 Å². The second-order valence-corrected chi connectivity index (χ2v) is 10.2. The van der Waals surface area contributed by atoms with E-state index in [2.05, 4.69) is 17.4 Å². The summed E-state index contributed by atoms with van der Waals surface area (Å²) in [5.41, 5.74) is 5.68. The lowest BCUT2D eigenvalue weighted by atomic mass is 10.0. The smallest absolute Gasteiger partial charge is 0.308 e. The Kier molecular flexibility index (Phi) is 5.59. The standard InChI is InChI=1S/C26H24ClN3O2S/c1-17-3-6-19(7-4-17)16-29-23-12-5-18(2)15-22(23)26(24(29)31)30(13-14-33-26)25(32)28-21-10-8-20(27)9-11-21/h3-12,15H,13-14,16H2,1-2H3,(H,28,32)/t26-/m1/s1. The number of benzene rings is 3. The number of fused-ring (bicyclic) bond motifs is 2. The van der Waals surface area contributed by atoms with Crippen LogP contribution < -0.4 is 10.2 Å². The number of aryl methyl sites for hydroxylation is 2. The fourth-order valence-electron chi connectivity index (χ4n) is 4.49. The summed E-state index contributed by atoms with van der Waals surface area (Å²) < 4.78 is 0. The van der Waals surface area contributed by atoms with Crippen molar-refractivity contribution in [2.45, 2.75) is 25.3 Å². The zero-order valence-corrected chi connectivity index (χ0v) is 20.0. The SMILES string of the molecule is Cc1ccc(CN2C(=O)[C@]3(SCCN3C(=O)Nc3ccc(Cl)cc3)c3cc(C)ccc32)cc1. The molecular formula is C26H24ClN3O2S. The van der Waals surface area contributed by atoms with E-state index in [4.69, 9.17) is 11.6 Å². The molecule has 1 N–H and O–H groups in total. The first-order valence-electron chi connectivity index (χ1n) is 10.9. The number of rotatable bonds is 3. The molecule has 7 heteroatoms. The molecule has 1 spiro atoms. The van der Waals surface area contributed by atoms with Crippen molar-refractivity contribution in [2.24, 2.45) is 0 Å². The minimum Gasteiger partial charge on any atom is -0.308 e. The first-order valence-corrected chi connectivity index (χ1v) is 12.2. The fourth-order valence-corrected chi connectivity index (χ4v) is 6.06. The van der Waals surface area contributed by atoms with Crippen molar-refractivity contribution in [3.05, 3.63) is 94.0 Å². The molecule has 1 atom stereocenters. The molecule has 33 heavy (non-hydrogen) atoms. The topological polar surface area (TPSA) is 52.7 Å². The Hall–Kier alpha value is -2.96. The average Bonchev–Trinajstić information content (AvgIpc) is 3.34. The van der Waals surface area contributed by atoms with Crippen LogP contribution in [-0.2, 0) is 16.2 Å². The maximum Gasteiger partial charge on any atom is 0.323 e. The third-order valence-electron chi connectivity index (χ3n) is 6.15. The first-order chi connectivity index (χ1) is 15.9. The molecule has 3 aromatic rings. The highest BCUT2D eigenvalue weighted by Crippen LogP contribution is 2.54. The highest BCUT2D eigenvalue weighted by atomic mass is 35.5. The van der Waals surface area contributed by atoms with Crippen LogP contribution in [0.4, 0.5) is 16.2 Å². The summed E-state index contributed by atoms with van der Waals surface area (Å²) in [5.74, 6) is 0.614. The van der Waals surface area contributed by atoms with Gasteiger partial charge in [-0.2, -0.15) is 0 Å². The first kappa shape index (κ1) is 21.9. The number of anilines is 2. The normalized spacial score (nSPS) is 19.3. The Balaban J connectivity index is 1.52. The number of hydrogen-bond acceptors (Lipinski definition) is 3. The lowest BCUT2D eigenvalue weighted by Gasteiger charge is -2.33. The van der Waals surface area contributed by atoms with Crippen molar-refractivity contribution in [3.8, 4) is 0 Å². The van der Waals surface area contributed by atoms with Crippen LogP contribution in [0.3, 0.4) is 0 Å². The Morgan fingerprint density at radius 2 is 1.73 bits per heavy atom. The third-order valence-corrected chi connectivity index (χ3v) is 7.82. The zero-order chi connectivity index (χ0) is 23.2. The molecule has 5 nitrogen and oxygen atoms in total. The quantitative estimate of drug-likeness (QED) is 0.508. The number of urea groups is 1. The second-order valence-electron chi connectivity index (χ2n) is 8.48. The van der Waals surface area contributed by atoms with E-state index in [-0.39, 0.29) is 11.9 Å². The van der Waals surface area contributed by atoms with Gasteiger partial charge in [-0.3, -0.25) is 9.69 Å². The molecule has 5 rings (SSSR count). The number of nitrogens with zero attached hydrogens (tertiary/aromatic N) is 2. The molecule has 0 bridgehead atoms. The molecule has 0 saturated carbocycles. The van der Waals surface area contributed by atoms with Crippen LogP contribution in [0.2, 0.25) is 5.02 Å². The zero-order valence-electron chi connectivity index (χ0n) is 18.5. The molecule has 0 aliphatic carbocycles. The van der Waals surface area contributed by atoms with E-state index in [1.54, 1.807) is 29.2 Å². The van der Waals surface area contributed by atoms with Crippen LogP contribution in [-0.4, -0.2) is 29.1 Å². The maximum absolute atomic E-state index is 14.0. The third kappa shape index (κ3) is 3.77. The van der Waals surface area contributed by atoms with Gasteiger partial charge in [0.05, 0.1) is 12.2 Å². The lowest BCUT2D eigenvalue weighted by molar-refractivity contribution is -0.123. The second kappa shape index (κ2) is 8.43. The van der Waals surface area contributed by atoms with E-state index in [0.29, 0.717) is 29.6 Å². The van der Waals surface area contributed by atoms with E-state index in [9.17, 15) is 9.59 Å². The summed E-state index contributed by atoms with van der Waals surface area (Å²) in [5, 5.41) is 3.54. The van der Waals surface area contributed by atoms with Gasteiger partial charge in [0.25, 0.3) is 5.91 Å². The molecular weight excluding hydrogens is 454 g/mol. The summed E-state index contributed by atoms with van der Waals surface area (Å²) in [6.45, 7) is 5.01. The number of nitrogens with one attached hydrogen (secondary N) is 1. The molecule has 3 aromatic carbocycles. The van der Waals surface area contributed by atoms with Crippen LogP contribution in [0.1, 0.15) is 22.3 Å². The molecule has 2 aliphatic rings. The lowest BCUT2D eigenvalue weighted by Crippen LogP contribution is -2.51. The fraction of sp³-hybridized carbons (Fsp3) is 0.231. The monoisotopic (exact) mass is 477 g/mol. The number of thioether (sulfide) groups is 1. The van der Waals surface area contributed by atoms with Gasteiger partial charge < -0.3 is 10.2 Å². The maximum atomic E-state index is 14.0. The van der Waals surface area contributed by atoms with Gasteiger partial charge in [0.15, 0.2) is 4.87 Å². The summed E-state index contributed by atoms with van der Waals surface area (Å²) in [6.07, 6.45) is 0. The van der Waals surface area contributed by atoms with Crippen LogP contribution in [0.15, 0.2) is 66.7 Å². The largest absolute Gasteiger partial charge is 0.323 e. The number of amides is 3. The van der Waals surface area contributed by atoms with E-state index in [1.807, 2.05) is 49.1 Å². The Morgan fingerprint density at radius 1 is 1.03 bits per heavy atom. The van der Waals surface area contributed by atoms with E-state index < -0.39 is 4.87 Å². The number of carbonyl (C=O) groups is 2. The summed E-state index contributed by atoms with van der Waals surface area (Å²) in [7, 11) is 0. The minimum atomic E-state index is -1.07. The van der Waals surface area contributed by atoms with Gasteiger partial charge in [-0.15, -0.1) is 11.8 Å². The molecule has 3 amide bonds. The van der Waals surface area contributed by atoms with E-state index in [0.717, 1.165) is 22.4 Å². The molecule has 0 radical (unpaired) electrons. The van der Waals surface area contributed by atoms with Gasteiger partial charge in [0.2, 0.25) is 0 Å². The van der Waals surface area contributed by atoms with Crippen molar-refractivity contribution >= 4 is 46.7 Å². The minimum absolute atomic E-state index is 0.0718. The molecule has 1 fully saturated rings. The van der Waals surface area contributed by atoms with Crippen LogP contribution in [0, 0.1) is 13.8 Å². The van der Waals surface area contributed by atoms with Gasteiger partial charge in [0, 0.05) is 28.6 Å². The Labute approximate surface area is 202 Å². The highest BCUT2D eigenvalue weighted by molar-refractivity contribution is 8.01. The van der Waals surface area contributed by atoms with Gasteiger partial charge in [-0.1, -0.05) is 59.1 Å². The number of hydrogen-bond donors (Lipinski definition) is 1. The molecule has 168 valence electrons. The van der Waals surface area contributed by atoms with Gasteiger partial charge in [-0.05, 0) is 49.7 Å². The van der Waals surface area contributed by atoms with Crippen molar-refractivity contribution in [1.29, 1.82) is 0 Å². The van der Waals surface area contributed by atoms with E-state index >= 15 is 0 Å². The highest BCUT2D eigenvalue weighted by Gasteiger charge is 2.59. The summed E-state index contributed by atoms with van der Waals surface area (Å²) in [4.78, 5) is 29.9. The Morgan fingerprint density at radius 3 is 2.45 bits per heavy atom. The molecule has 0 aromatic heterocycles. The van der Waals surface area contributed by atoms with Crippen molar-refractivity contribution < 1.29 is 9.59 Å². The van der Waals surface area contributed by atoms with Crippen LogP contribution in [0.5, 0.6) is 0 Å². The van der Waals surface area contributed by atoms with Crippen molar-refractivity contribution in [3.63, 3.8) is 0 Å². The average molecular weight is 478 g/mol. The summed E-state index contributed by atoms with van der Waals surface area (Å²) in [6, 6.07) is 21.0. The van der Waals surface area contributed by atoms with Crippen molar-refractivity contribution in [1.82, 2.24) is 4.90 Å². The van der Waals surface area contributed by atoms with Gasteiger partial charge >= 0.3 is 6.03 Å². The predicted molar refractivity (Wildman–Crippen MR) is 135 cm³/mol. The Bertz CT molecular complexity index is 1230. The van der Waals surface area contributed by atoms with Crippen molar-refractivity contribution in [2.75, 3.05) is 22.5 Å². The van der Waals surface area contributed by atoms with Gasteiger partial charge in [-0.25, -0.2) is 4.79 Å². The number of halogens is 1. The predicted octanol–water partition coefficient (Wildman–Crippen LogP) is 5.94. The molecule has 1 saturated heterocycles. The van der Waals surface area contributed by atoms with E-state index in [1.165, 1.54) is 17.3 Å². The van der Waals surface area contributed by atoms with Gasteiger partial charge in [0.1, 0.15) is 0 Å². The molecule has 2 heterocycles.